The average molecular weight is 321 g/mol. The molecule has 0 rings (SSSR count). The summed E-state index contributed by atoms with van der Waals surface area (Å²) in [5, 5.41) is 16.4. The number of hydrogen-bond acceptors (Lipinski definition) is 3. The van der Waals surface area contributed by atoms with Crippen LogP contribution in [-0.4, -0.2) is 37.7 Å². The van der Waals surface area contributed by atoms with Crippen LogP contribution in [0.1, 0.15) is 66.2 Å². The van der Waals surface area contributed by atoms with E-state index in [1.54, 1.807) is 0 Å². The minimum atomic E-state index is -1.52. The summed E-state index contributed by atoms with van der Waals surface area (Å²) < 4.78 is 6.12. The van der Waals surface area contributed by atoms with Gasteiger partial charge in [-0.05, 0) is 31.0 Å². The van der Waals surface area contributed by atoms with Crippen molar-refractivity contribution >= 4 is 14.3 Å². The van der Waals surface area contributed by atoms with Crippen LogP contribution in [0.5, 0.6) is 0 Å². The summed E-state index contributed by atoms with van der Waals surface area (Å²) >= 11 is 0. The number of hydrogen-bond donors (Lipinski definition) is 2. The van der Waals surface area contributed by atoms with E-state index in [9.17, 15) is 0 Å². The van der Waals surface area contributed by atoms with Gasteiger partial charge in [0, 0.05) is 20.1 Å². The van der Waals surface area contributed by atoms with Gasteiger partial charge in [0.1, 0.15) is 0 Å². The van der Waals surface area contributed by atoms with E-state index in [0.29, 0.717) is 11.6 Å². The molecule has 0 atom stereocenters. The molecule has 0 aliphatic heterocycles. The highest BCUT2D eigenvalue weighted by atomic mass is 28.4. The first-order valence-electron chi connectivity index (χ1n) is 7.99. The lowest BCUT2D eigenvalue weighted by atomic mass is 10.1. The van der Waals surface area contributed by atoms with Crippen LogP contribution in [-0.2, 0) is 9.22 Å². The molecule has 0 bridgehead atoms. The zero-order chi connectivity index (χ0) is 16.9. The predicted molar refractivity (Wildman–Crippen MR) is 91.2 cm³/mol. The minimum absolute atomic E-state index is 0.328. The first-order chi connectivity index (χ1) is 9.54. The summed E-state index contributed by atoms with van der Waals surface area (Å²) in [5.74, 6) is -0.833. The summed E-state index contributed by atoms with van der Waals surface area (Å²) in [5.41, 5.74) is 0. The molecular formula is C16H36O4Si. The molecule has 0 saturated carbocycles. The number of carboxylic acids is 1. The second-order valence-corrected chi connectivity index (χ2v) is 11.8. The van der Waals surface area contributed by atoms with Crippen LogP contribution in [0, 0.1) is 0 Å². The monoisotopic (exact) mass is 320 g/mol. The highest BCUT2D eigenvalue weighted by molar-refractivity contribution is 6.74. The molecule has 5 heteroatoms. The maximum atomic E-state index is 9.00. The van der Waals surface area contributed by atoms with Gasteiger partial charge in [-0.25, -0.2) is 0 Å². The molecule has 0 fully saturated rings. The van der Waals surface area contributed by atoms with Crippen LogP contribution in [0.3, 0.4) is 0 Å². The van der Waals surface area contributed by atoms with Crippen LogP contribution < -0.4 is 0 Å². The van der Waals surface area contributed by atoms with Crippen LogP contribution in [0.15, 0.2) is 0 Å². The molecule has 0 aliphatic rings. The number of rotatable bonds is 9. The van der Waals surface area contributed by atoms with E-state index in [4.69, 9.17) is 19.4 Å². The molecule has 0 amide bonds. The van der Waals surface area contributed by atoms with E-state index in [2.05, 4.69) is 33.9 Å². The van der Waals surface area contributed by atoms with Crippen LogP contribution in [0.2, 0.25) is 18.1 Å². The van der Waals surface area contributed by atoms with Crippen LogP contribution >= 0.6 is 0 Å². The maximum absolute atomic E-state index is 9.00. The third-order valence-electron chi connectivity index (χ3n) is 3.82. The minimum Gasteiger partial charge on any atom is -0.481 e. The van der Waals surface area contributed by atoms with Crippen molar-refractivity contribution in [2.75, 3.05) is 13.2 Å². The Morgan fingerprint density at radius 2 is 1.38 bits per heavy atom. The van der Waals surface area contributed by atoms with Gasteiger partial charge >= 0.3 is 0 Å². The molecule has 0 unspecified atom stereocenters. The van der Waals surface area contributed by atoms with Crippen molar-refractivity contribution in [3.8, 4) is 0 Å². The Hall–Kier alpha value is -0.393. The van der Waals surface area contributed by atoms with Crippen molar-refractivity contribution < 1.29 is 19.4 Å². The fourth-order valence-electron chi connectivity index (χ4n) is 1.46. The molecule has 0 aromatic carbocycles. The van der Waals surface area contributed by atoms with E-state index in [-0.39, 0.29) is 0 Å². The highest BCUT2D eigenvalue weighted by Gasteiger charge is 2.36. The lowest BCUT2D eigenvalue weighted by molar-refractivity contribution is -0.134. The van der Waals surface area contributed by atoms with Gasteiger partial charge in [-0.15, -0.1) is 0 Å². The Labute approximate surface area is 132 Å². The number of carboxylic acid groups (broad SMARTS) is 1. The first-order valence-corrected chi connectivity index (χ1v) is 10.9. The molecule has 2 N–H and O–H groups in total. The quantitative estimate of drug-likeness (QED) is 0.487. The average Bonchev–Trinajstić information content (AvgIpc) is 2.30. The second kappa shape index (κ2) is 12.2. The summed E-state index contributed by atoms with van der Waals surface area (Å²) in [6, 6.07) is 0. The molecule has 21 heavy (non-hydrogen) atoms. The lowest BCUT2D eigenvalue weighted by Crippen LogP contribution is -2.40. The fraction of sp³-hybridized carbons (Fsp3) is 0.938. The topological polar surface area (TPSA) is 66.8 Å². The third-order valence-corrected chi connectivity index (χ3v) is 8.36. The maximum Gasteiger partial charge on any atom is 0.300 e. The molecule has 4 nitrogen and oxygen atoms in total. The Bertz CT molecular complexity index is 255. The van der Waals surface area contributed by atoms with E-state index < -0.39 is 14.3 Å². The van der Waals surface area contributed by atoms with E-state index >= 15 is 0 Å². The van der Waals surface area contributed by atoms with Gasteiger partial charge in [-0.1, -0.05) is 46.5 Å². The standard InChI is InChI=1S/C14H32O2Si.C2H4O2/c1-14(2,3)17(4,5)16-13-11-9-7-6-8-10-12-15;1-2(3)4/h15H,6-13H2,1-5H3;1H3,(H,3,4). The largest absolute Gasteiger partial charge is 0.481 e. The normalized spacial score (nSPS) is 11.8. The molecule has 0 aromatic heterocycles. The molecular weight excluding hydrogens is 284 g/mol. The molecule has 128 valence electrons. The van der Waals surface area contributed by atoms with Gasteiger partial charge in [0.05, 0.1) is 0 Å². The Morgan fingerprint density at radius 3 is 1.76 bits per heavy atom. The first kappa shape index (κ1) is 22.9. The molecule has 0 aliphatic carbocycles. The number of carbonyl (C=O) groups is 1. The zero-order valence-electron chi connectivity index (χ0n) is 14.9. The fourth-order valence-corrected chi connectivity index (χ4v) is 2.55. The van der Waals surface area contributed by atoms with Crippen molar-refractivity contribution in [3.63, 3.8) is 0 Å². The number of aliphatic hydroxyl groups excluding tert-OH is 1. The molecule has 0 heterocycles. The Balaban J connectivity index is 0. The number of aliphatic hydroxyl groups is 1. The molecule has 0 spiro atoms. The van der Waals surface area contributed by atoms with E-state index in [1.165, 1.54) is 32.1 Å². The van der Waals surface area contributed by atoms with E-state index in [1.807, 2.05) is 0 Å². The SMILES string of the molecule is CC(=O)O.CC(C)(C)[Si](C)(C)OCCCCCCCCO. The van der Waals surface area contributed by atoms with Crippen molar-refractivity contribution in [2.45, 2.75) is 84.4 Å². The summed E-state index contributed by atoms with van der Waals surface area (Å²) in [7, 11) is -1.52. The zero-order valence-corrected chi connectivity index (χ0v) is 15.9. The molecule has 0 radical (unpaired) electrons. The van der Waals surface area contributed by atoms with Gasteiger partial charge in [0.25, 0.3) is 5.97 Å². The van der Waals surface area contributed by atoms with E-state index in [0.717, 1.165) is 20.0 Å². The highest BCUT2D eigenvalue weighted by Crippen LogP contribution is 2.36. The number of aliphatic carboxylic acids is 1. The lowest BCUT2D eigenvalue weighted by Gasteiger charge is -2.36. The summed E-state index contributed by atoms with van der Waals surface area (Å²) in [6.07, 6.45) is 7.10. The van der Waals surface area contributed by atoms with Gasteiger partial charge in [-0.3, -0.25) is 4.79 Å². The van der Waals surface area contributed by atoms with Crippen LogP contribution in [0.4, 0.5) is 0 Å². The molecule has 0 saturated heterocycles. The van der Waals surface area contributed by atoms with Gasteiger partial charge in [0.15, 0.2) is 8.32 Å². The Morgan fingerprint density at radius 1 is 1.00 bits per heavy atom. The van der Waals surface area contributed by atoms with Crippen molar-refractivity contribution in [1.82, 2.24) is 0 Å². The smallest absolute Gasteiger partial charge is 0.300 e. The van der Waals surface area contributed by atoms with Crippen LogP contribution in [0.25, 0.3) is 0 Å². The van der Waals surface area contributed by atoms with Gasteiger partial charge in [-0.2, -0.15) is 0 Å². The van der Waals surface area contributed by atoms with Crippen molar-refractivity contribution in [2.24, 2.45) is 0 Å². The van der Waals surface area contributed by atoms with Gasteiger partial charge < -0.3 is 14.6 Å². The Kier molecular flexibility index (Phi) is 13.3. The van der Waals surface area contributed by atoms with Gasteiger partial charge in [0.2, 0.25) is 0 Å². The third kappa shape index (κ3) is 15.8. The molecule has 0 aromatic rings. The summed E-state index contributed by atoms with van der Waals surface area (Å²) in [4.78, 5) is 9.00. The summed E-state index contributed by atoms with van der Waals surface area (Å²) in [6.45, 7) is 13.8. The van der Waals surface area contributed by atoms with Crippen molar-refractivity contribution in [3.05, 3.63) is 0 Å². The predicted octanol–water partition coefficient (Wildman–Crippen LogP) is 4.43. The number of unbranched alkanes of at least 4 members (excludes halogenated alkanes) is 5. The second-order valence-electron chi connectivity index (χ2n) is 6.97. The van der Waals surface area contributed by atoms with Crippen molar-refractivity contribution in [1.29, 1.82) is 0 Å².